The van der Waals surface area contributed by atoms with Crippen molar-refractivity contribution in [1.82, 2.24) is 29.9 Å². The lowest BCUT2D eigenvalue weighted by atomic mass is 9.75. The average molecular weight is 338 g/mol. The van der Waals surface area contributed by atoms with Crippen LogP contribution in [0.3, 0.4) is 0 Å². The molecule has 0 unspecified atom stereocenters. The SMILES string of the molecule is O=C(N[C@H](Cc1ccncc1)C1CC(O)C1)c1nc2ncccn2n1. The van der Waals surface area contributed by atoms with Crippen molar-refractivity contribution in [3.05, 3.63) is 54.4 Å². The molecular formula is C17H18N6O2. The number of aliphatic hydroxyl groups excluding tert-OH is 1. The molecule has 4 rings (SSSR count). The predicted molar refractivity (Wildman–Crippen MR) is 88.7 cm³/mol. The highest BCUT2D eigenvalue weighted by molar-refractivity contribution is 5.91. The van der Waals surface area contributed by atoms with Crippen LogP contribution in [0.15, 0.2) is 43.0 Å². The largest absolute Gasteiger partial charge is 0.393 e. The predicted octanol–water partition coefficient (Wildman–Crippen LogP) is 0.631. The minimum absolute atomic E-state index is 0.0853. The van der Waals surface area contributed by atoms with E-state index in [1.807, 2.05) is 12.1 Å². The van der Waals surface area contributed by atoms with Crippen molar-refractivity contribution in [2.45, 2.75) is 31.4 Å². The molecule has 8 heteroatoms. The Bertz CT molecular complexity index is 842. The maximum atomic E-state index is 12.6. The van der Waals surface area contributed by atoms with Crippen LogP contribution in [0.25, 0.3) is 5.78 Å². The van der Waals surface area contributed by atoms with Gasteiger partial charge < -0.3 is 10.4 Å². The van der Waals surface area contributed by atoms with Crippen LogP contribution in [-0.2, 0) is 6.42 Å². The summed E-state index contributed by atoms with van der Waals surface area (Å²) in [6.45, 7) is 0. The summed E-state index contributed by atoms with van der Waals surface area (Å²) in [4.78, 5) is 24.8. The molecule has 0 saturated heterocycles. The number of fused-ring (bicyclic) bond motifs is 1. The van der Waals surface area contributed by atoms with Crippen LogP contribution in [0.1, 0.15) is 29.0 Å². The number of carbonyl (C=O) groups excluding carboxylic acids is 1. The first-order chi connectivity index (χ1) is 12.2. The van der Waals surface area contributed by atoms with Gasteiger partial charge in [-0.15, -0.1) is 5.10 Å². The molecule has 1 fully saturated rings. The number of hydrogen-bond acceptors (Lipinski definition) is 6. The highest BCUT2D eigenvalue weighted by Crippen LogP contribution is 2.31. The Balaban J connectivity index is 1.51. The summed E-state index contributed by atoms with van der Waals surface area (Å²) in [5.41, 5.74) is 1.09. The van der Waals surface area contributed by atoms with E-state index in [4.69, 9.17) is 0 Å². The third-order valence-electron chi connectivity index (χ3n) is 4.56. The van der Waals surface area contributed by atoms with Gasteiger partial charge in [0.25, 0.3) is 11.7 Å². The summed E-state index contributed by atoms with van der Waals surface area (Å²) < 4.78 is 1.47. The van der Waals surface area contributed by atoms with Crippen molar-refractivity contribution in [2.24, 2.45) is 5.92 Å². The van der Waals surface area contributed by atoms with Gasteiger partial charge in [0.1, 0.15) is 0 Å². The standard InChI is InChI=1S/C17H18N6O2/c24-13-9-12(10-13)14(8-11-2-5-18-6-3-11)20-16(25)15-21-17-19-4-1-7-23(17)22-15/h1-7,12-14,24H,8-10H2,(H,20,25)/t12?,13?,14-/m1/s1. The lowest BCUT2D eigenvalue weighted by Gasteiger charge is -2.38. The summed E-state index contributed by atoms with van der Waals surface area (Å²) in [6, 6.07) is 5.51. The molecule has 1 atom stereocenters. The number of amides is 1. The van der Waals surface area contributed by atoms with Crippen LogP contribution in [0.2, 0.25) is 0 Å². The number of aliphatic hydroxyl groups is 1. The fourth-order valence-electron chi connectivity index (χ4n) is 3.13. The van der Waals surface area contributed by atoms with Gasteiger partial charge in [-0.05, 0) is 48.9 Å². The van der Waals surface area contributed by atoms with Gasteiger partial charge >= 0.3 is 0 Å². The van der Waals surface area contributed by atoms with E-state index in [-0.39, 0.29) is 29.8 Å². The van der Waals surface area contributed by atoms with Gasteiger partial charge in [0.15, 0.2) is 0 Å². The topological polar surface area (TPSA) is 105 Å². The average Bonchev–Trinajstić information content (AvgIpc) is 3.04. The molecule has 2 N–H and O–H groups in total. The first-order valence-electron chi connectivity index (χ1n) is 8.24. The molecule has 0 radical (unpaired) electrons. The Morgan fingerprint density at radius 1 is 1.32 bits per heavy atom. The molecule has 0 bridgehead atoms. The smallest absolute Gasteiger partial charge is 0.291 e. The van der Waals surface area contributed by atoms with Crippen LogP contribution < -0.4 is 5.32 Å². The molecule has 1 saturated carbocycles. The van der Waals surface area contributed by atoms with E-state index in [1.54, 1.807) is 30.9 Å². The number of hydrogen-bond donors (Lipinski definition) is 2. The molecular weight excluding hydrogens is 320 g/mol. The van der Waals surface area contributed by atoms with Crippen LogP contribution in [0.5, 0.6) is 0 Å². The Morgan fingerprint density at radius 2 is 2.12 bits per heavy atom. The third-order valence-corrected chi connectivity index (χ3v) is 4.56. The van der Waals surface area contributed by atoms with Gasteiger partial charge in [-0.1, -0.05) is 0 Å². The first-order valence-corrected chi connectivity index (χ1v) is 8.24. The summed E-state index contributed by atoms with van der Waals surface area (Å²) in [5.74, 6) is 0.393. The quantitative estimate of drug-likeness (QED) is 0.707. The van der Waals surface area contributed by atoms with Gasteiger partial charge in [0, 0.05) is 30.8 Å². The summed E-state index contributed by atoms with van der Waals surface area (Å²) >= 11 is 0. The van der Waals surface area contributed by atoms with E-state index in [0.717, 1.165) is 5.56 Å². The van der Waals surface area contributed by atoms with Crippen molar-refractivity contribution < 1.29 is 9.90 Å². The highest BCUT2D eigenvalue weighted by Gasteiger charge is 2.35. The number of nitrogens with zero attached hydrogens (tertiary/aromatic N) is 5. The molecule has 1 aliphatic carbocycles. The van der Waals surface area contributed by atoms with Crippen LogP contribution in [-0.4, -0.2) is 47.7 Å². The number of pyridine rings is 1. The molecule has 25 heavy (non-hydrogen) atoms. The fourth-order valence-corrected chi connectivity index (χ4v) is 3.13. The van der Waals surface area contributed by atoms with Gasteiger partial charge in [0.05, 0.1) is 6.10 Å². The molecule has 0 spiro atoms. The van der Waals surface area contributed by atoms with E-state index >= 15 is 0 Å². The number of aromatic nitrogens is 5. The van der Waals surface area contributed by atoms with Gasteiger partial charge in [-0.2, -0.15) is 4.98 Å². The van der Waals surface area contributed by atoms with Crippen LogP contribution in [0.4, 0.5) is 0 Å². The van der Waals surface area contributed by atoms with Crippen molar-refractivity contribution in [3.63, 3.8) is 0 Å². The molecule has 3 aromatic rings. The van der Waals surface area contributed by atoms with Crippen LogP contribution >= 0.6 is 0 Å². The molecule has 128 valence electrons. The lowest BCUT2D eigenvalue weighted by molar-refractivity contribution is 0.0238. The zero-order valence-electron chi connectivity index (χ0n) is 13.5. The number of nitrogens with one attached hydrogen (secondary N) is 1. The van der Waals surface area contributed by atoms with Crippen molar-refractivity contribution in [1.29, 1.82) is 0 Å². The Labute approximate surface area is 144 Å². The molecule has 1 aliphatic rings. The summed E-state index contributed by atoms with van der Waals surface area (Å²) in [5, 5.41) is 16.8. The summed E-state index contributed by atoms with van der Waals surface area (Å²) in [7, 11) is 0. The van der Waals surface area contributed by atoms with E-state index in [2.05, 4.69) is 25.4 Å². The zero-order valence-corrected chi connectivity index (χ0v) is 13.5. The minimum Gasteiger partial charge on any atom is -0.393 e. The van der Waals surface area contributed by atoms with Gasteiger partial charge in [0.2, 0.25) is 5.82 Å². The Hall–Kier alpha value is -2.87. The van der Waals surface area contributed by atoms with Gasteiger partial charge in [-0.3, -0.25) is 9.78 Å². The normalized spacial score (nSPS) is 20.8. The molecule has 8 nitrogen and oxygen atoms in total. The van der Waals surface area contributed by atoms with Crippen molar-refractivity contribution >= 4 is 11.7 Å². The maximum absolute atomic E-state index is 12.6. The third kappa shape index (κ3) is 3.34. The van der Waals surface area contributed by atoms with Crippen molar-refractivity contribution in [3.8, 4) is 0 Å². The summed E-state index contributed by atoms with van der Waals surface area (Å²) in [6.07, 6.45) is 8.55. The second kappa shape index (κ2) is 6.56. The Kier molecular flexibility index (Phi) is 4.10. The maximum Gasteiger partial charge on any atom is 0.291 e. The monoisotopic (exact) mass is 338 g/mol. The second-order valence-corrected chi connectivity index (χ2v) is 6.32. The number of rotatable bonds is 5. The van der Waals surface area contributed by atoms with Crippen molar-refractivity contribution in [2.75, 3.05) is 0 Å². The lowest BCUT2D eigenvalue weighted by Crippen LogP contribution is -2.48. The molecule has 3 aromatic heterocycles. The van der Waals surface area contributed by atoms with E-state index < -0.39 is 0 Å². The molecule has 0 aliphatic heterocycles. The van der Waals surface area contributed by atoms with E-state index in [9.17, 15) is 9.90 Å². The zero-order chi connectivity index (χ0) is 17.2. The first kappa shape index (κ1) is 15.6. The Morgan fingerprint density at radius 3 is 2.84 bits per heavy atom. The molecule has 3 heterocycles. The van der Waals surface area contributed by atoms with E-state index in [1.165, 1.54) is 4.52 Å². The van der Waals surface area contributed by atoms with Gasteiger partial charge in [-0.25, -0.2) is 9.50 Å². The number of carbonyl (C=O) groups is 1. The molecule has 0 aromatic carbocycles. The minimum atomic E-state index is -0.328. The molecule has 1 amide bonds. The van der Waals surface area contributed by atoms with E-state index in [0.29, 0.717) is 25.0 Å². The second-order valence-electron chi connectivity index (χ2n) is 6.32. The van der Waals surface area contributed by atoms with Crippen LogP contribution in [0, 0.1) is 5.92 Å². The fraction of sp³-hybridized carbons (Fsp3) is 0.353. The highest BCUT2D eigenvalue weighted by atomic mass is 16.3.